The number of β-amino-alcohol motifs (C(OH)–C–C–N with tert-alkyl or cyclic N) is 1. The Hall–Kier alpha value is -0.910. The molecule has 2 N–H and O–H groups in total. The van der Waals surface area contributed by atoms with Gasteiger partial charge in [-0.15, -0.1) is 0 Å². The number of piperazine rings is 1. The van der Waals surface area contributed by atoms with Crippen molar-refractivity contribution < 1.29 is 9.90 Å². The number of aliphatic hydroxyl groups excluding tert-OH is 1. The molecule has 3 unspecified atom stereocenters. The van der Waals surface area contributed by atoms with Gasteiger partial charge in [-0.05, 0) is 52.9 Å². The molecular weight excluding hydrogens is 302 g/mol. The van der Waals surface area contributed by atoms with Crippen molar-refractivity contribution in [3.63, 3.8) is 0 Å². The Morgan fingerprint density at radius 3 is 2.79 bits per heavy atom. The van der Waals surface area contributed by atoms with Crippen molar-refractivity contribution in [1.82, 2.24) is 15.1 Å². The number of rotatable bonds is 7. The molecule has 1 aliphatic carbocycles. The predicted octanol–water partition coefficient (Wildman–Crippen LogP) is 1.77. The SMILES string of the molecule is CC(O)CN1CCN(C(C)C(=O)NCCC2=CCCCC2)CC1C. The third-order valence-electron chi connectivity index (χ3n) is 5.35. The molecule has 0 radical (unpaired) electrons. The lowest BCUT2D eigenvalue weighted by Gasteiger charge is -2.42. The fourth-order valence-electron chi connectivity index (χ4n) is 3.78. The van der Waals surface area contributed by atoms with E-state index >= 15 is 0 Å². The number of amides is 1. The molecule has 24 heavy (non-hydrogen) atoms. The Bertz CT molecular complexity index is 436. The van der Waals surface area contributed by atoms with Gasteiger partial charge in [0.25, 0.3) is 0 Å². The molecule has 0 saturated carbocycles. The van der Waals surface area contributed by atoms with Crippen molar-refractivity contribution >= 4 is 5.91 Å². The maximum absolute atomic E-state index is 12.4. The Labute approximate surface area is 147 Å². The van der Waals surface area contributed by atoms with Crippen LogP contribution in [0.15, 0.2) is 11.6 Å². The summed E-state index contributed by atoms with van der Waals surface area (Å²) >= 11 is 0. The number of nitrogens with one attached hydrogen (secondary N) is 1. The molecule has 0 bridgehead atoms. The zero-order valence-corrected chi connectivity index (χ0v) is 15.6. The van der Waals surface area contributed by atoms with Crippen molar-refractivity contribution in [1.29, 1.82) is 0 Å². The molecule has 1 amide bonds. The fraction of sp³-hybridized carbons (Fsp3) is 0.842. The lowest BCUT2D eigenvalue weighted by atomic mass is 9.97. The van der Waals surface area contributed by atoms with Crippen molar-refractivity contribution in [2.45, 2.75) is 71.1 Å². The van der Waals surface area contributed by atoms with E-state index < -0.39 is 0 Å². The van der Waals surface area contributed by atoms with Crippen LogP contribution in [0, 0.1) is 0 Å². The van der Waals surface area contributed by atoms with Crippen LogP contribution in [0.3, 0.4) is 0 Å². The van der Waals surface area contributed by atoms with Crippen molar-refractivity contribution in [3.05, 3.63) is 11.6 Å². The van der Waals surface area contributed by atoms with Crippen molar-refractivity contribution in [2.75, 3.05) is 32.7 Å². The molecule has 138 valence electrons. The molecular formula is C19H35N3O2. The first-order chi connectivity index (χ1) is 11.5. The van der Waals surface area contributed by atoms with Crippen LogP contribution in [-0.2, 0) is 4.79 Å². The fourth-order valence-corrected chi connectivity index (χ4v) is 3.78. The molecule has 2 rings (SSSR count). The molecule has 0 aromatic rings. The van der Waals surface area contributed by atoms with Crippen LogP contribution in [-0.4, -0.2) is 71.7 Å². The zero-order chi connectivity index (χ0) is 17.5. The Balaban J connectivity index is 1.71. The molecule has 0 aromatic heterocycles. The molecule has 3 atom stereocenters. The molecule has 0 spiro atoms. The summed E-state index contributed by atoms with van der Waals surface area (Å²) in [7, 11) is 0. The minimum Gasteiger partial charge on any atom is -0.392 e. The second kappa shape index (κ2) is 9.54. The summed E-state index contributed by atoms with van der Waals surface area (Å²) in [4.78, 5) is 17.0. The third-order valence-corrected chi connectivity index (χ3v) is 5.35. The molecule has 1 aliphatic heterocycles. The monoisotopic (exact) mass is 337 g/mol. The van der Waals surface area contributed by atoms with Crippen LogP contribution in [0.25, 0.3) is 0 Å². The summed E-state index contributed by atoms with van der Waals surface area (Å²) in [5, 5.41) is 12.7. The van der Waals surface area contributed by atoms with Gasteiger partial charge in [-0.25, -0.2) is 0 Å². The van der Waals surface area contributed by atoms with E-state index in [4.69, 9.17) is 0 Å². The van der Waals surface area contributed by atoms with E-state index in [0.29, 0.717) is 12.6 Å². The second-order valence-corrected chi connectivity index (χ2v) is 7.51. The number of carbonyl (C=O) groups excluding carboxylic acids is 1. The van der Waals surface area contributed by atoms with Gasteiger partial charge in [0.2, 0.25) is 5.91 Å². The van der Waals surface area contributed by atoms with E-state index in [0.717, 1.165) is 32.6 Å². The first-order valence-electron chi connectivity index (χ1n) is 9.59. The highest BCUT2D eigenvalue weighted by Gasteiger charge is 2.29. The Kier molecular flexibility index (Phi) is 7.72. The normalized spacial score (nSPS) is 25.8. The van der Waals surface area contributed by atoms with E-state index in [1.807, 2.05) is 13.8 Å². The van der Waals surface area contributed by atoms with Gasteiger partial charge in [0.1, 0.15) is 0 Å². The highest BCUT2D eigenvalue weighted by atomic mass is 16.3. The predicted molar refractivity (Wildman–Crippen MR) is 97.9 cm³/mol. The number of carbonyl (C=O) groups is 1. The van der Waals surface area contributed by atoms with Gasteiger partial charge >= 0.3 is 0 Å². The third kappa shape index (κ3) is 5.87. The second-order valence-electron chi connectivity index (χ2n) is 7.51. The minimum absolute atomic E-state index is 0.0820. The van der Waals surface area contributed by atoms with Crippen LogP contribution < -0.4 is 5.32 Å². The average Bonchev–Trinajstić information content (AvgIpc) is 2.56. The summed E-state index contributed by atoms with van der Waals surface area (Å²) in [6.07, 6.45) is 8.06. The molecule has 1 heterocycles. The molecule has 5 heteroatoms. The quantitative estimate of drug-likeness (QED) is 0.695. The van der Waals surface area contributed by atoms with Gasteiger partial charge in [-0.3, -0.25) is 14.6 Å². The van der Waals surface area contributed by atoms with E-state index in [1.54, 1.807) is 0 Å². The lowest BCUT2D eigenvalue weighted by Crippen LogP contribution is -2.58. The van der Waals surface area contributed by atoms with Crippen molar-refractivity contribution in [3.8, 4) is 0 Å². The van der Waals surface area contributed by atoms with Gasteiger partial charge in [0, 0.05) is 38.8 Å². The van der Waals surface area contributed by atoms with Crippen LogP contribution in [0.5, 0.6) is 0 Å². The van der Waals surface area contributed by atoms with Gasteiger partial charge in [-0.2, -0.15) is 0 Å². The van der Waals surface area contributed by atoms with Gasteiger partial charge in [0.05, 0.1) is 12.1 Å². The first kappa shape index (κ1) is 19.4. The van der Waals surface area contributed by atoms with Gasteiger partial charge in [-0.1, -0.05) is 11.6 Å². The lowest BCUT2D eigenvalue weighted by molar-refractivity contribution is -0.127. The van der Waals surface area contributed by atoms with E-state index in [2.05, 4.69) is 28.1 Å². The van der Waals surface area contributed by atoms with E-state index in [1.165, 1.54) is 31.3 Å². The highest BCUT2D eigenvalue weighted by Crippen LogP contribution is 2.19. The summed E-state index contributed by atoms with van der Waals surface area (Å²) in [5.41, 5.74) is 1.51. The Morgan fingerprint density at radius 2 is 2.17 bits per heavy atom. The van der Waals surface area contributed by atoms with Gasteiger partial charge < -0.3 is 10.4 Å². The Morgan fingerprint density at radius 1 is 1.38 bits per heavy atom. The number of allylic oxidation sites excluding steroid dienone is 1. The van der Waals surface area contributed by atoms with Crippen LogP contribution >= 0.6 is 0 Å². The number of hydrogen-bond acceptors (Lipinski definition) is 4. The molecule has 2 aliphatic rings. The summed E-state index contributed by atoms with van der Waals surface area (Å²) in [5.74, 6) is 0.141. The zero-order valence-electron chi connectivity index (χ0n) is 15.6. The van der Waals surface area contributed by atoms with Crippen LogP contribution in [0.2, 0.25) is 0 Å². The molecule has 1 fully saturated rings. The van der Waals surface area contributed by atoms with Gasteiger partial charge in [0.15, 0.2) is 0 Å². The minimum atomic E-state index is -0.297. The van der Waals surface area contributed by atoms with E-state index in [-0.39, 0.29) is 18.1 Å². The largest absolute Gasteiger partial charge is 0.392 e. The smallest absolute Gasteiger partial charge is 0.237 e. The standard InChI is InChI=1S/C19H35N3O2/c1-15-13-22(12-11-21(15)14-16(2)23)17(3)19(24)20-10-9-18-7-5-4-6-8-18/h7,15-17,23H,4-6,8-14H2,1-3H3,(H,20,24). The molecule has 5 nitrogen and oxygen atoms in total. The number of aliphatic hydroxyl groups is 1. The molecule has 1 saturated heterocycles. The summed E-state index contributed by atoms with van der Waals surface area (Å²) < 4.78 is 0. The highest BCUT2D eigenvalue weighted by molar-refractivity contribution is 5.81. The molecule has 0 aromatic carbocycles. The maximum Gasteiger partial charge on any atom is 0.237 e. The van der Waals surface area contributed by atoms with E-state index in [9.17, 15) is 9.90 Å². The van der Waals surface area contributed by atoms with Crippen molar-refractivity contribution in [2.24, 2.45) is 0 Å². The summed E-state index contributed by atoms with van der Waals surface area (Å²) in [6.45, 7) is 10.2. The van der Waals surface area contributed by atoms with Crippen LogP contribution in [0.1, 0.15) is 52.9 Å². The topological polar surface area (TPSA) is 55.8 Å². The first-order valence-corrected chi connectivity index (χ1v) is 9.59. The maximum atomic E-state index is 12.4. The summed E-state index contributed by atoms with van der Waals surface area (Å²) in [6, 6.07) is 0.289. The number of nitrogens with zero attached hydrogens (tertiary/aromatic N) is 2. The number of hydrogen-bond donors (Lipinski definition) is 2. The van der Waals surface area contributed by atoms with Crippen LogP contribution in [0.4, 0.5) is 0 Å². The average molecular weight is 338 g/mol.